The van der Waals surface area contributed by atoms with Crippen LogP contribution in [0, 0.1) is 6.92 Å². The Morgan fingerprint density at radius 1 is 0.784 bits per heavy atom. The topological polar surface area (TPSA) is 59.6 Å². The molecule has 1 unspecified atom stereocenters. The van der Waals surface area contributed by atoms with Crippen molar-refractivity contribution in [2.75, 3.05) is 13.2 Å². The van der Waals surface area contributed by atoms with E-state index in [1.165, 1.54) is 113 Å². The van der Waals surface area contributed by atoms with Crippen molar-refractivity contribution in [1.29, 1.82) is 0 Å². The third kappa shape index (κ3) is 19.2. The molecular weight excluding hydrogens is 501 g/mol. The molecule has 5 nitrogen and oxygen atoms in total. The van der Waals surface area contributed by atoms with Gasteiger partial charge in [-0.25, -0.2) is 4.57 Å². The summed E-state index contributed by atoms with van der Waals surface area (Å²) in [5.41, 5.74) is 3.28. The highest BCUT2D eigenvalue weighted by Gasteiger charge is 2.21. The second-order valence-corrected chi connectivity index (χ2v) is 12.6. The molecule has 0 aliphatic rings. The zero-order valence-electron chi connectivity index (χ0n) is 24.3. The van der Waals surface area contributed by atoms with E-state index in [-0.39, 0.29) is 13.2 Å². The summed E-state index contributed by atoms with van der Waals surface area (Å²) in [4.78, 5) is 11.1. The molecule has 1 N–H and O–H groups in total. The highest BCUT2D eigenvalue weighted by Crippen LogP contribution is 2.43. The van der Waals surface area contributed by atoms with Gasteiger partial charge < -0.3 is 4.89 Å². The molecule has 1 atom stereocenters. The first kappa shape index (κ1) is 34.5. The van der Waals surface area contributed by atoms with Crippen LogP contribution in [0.25, 0.3) is 0 Å². The fraction of sp³-hybridized carbons (Fsp3) is 0.833. The van der Waals surface area contributed by atoms with Crippen LogP contribution in [-0.4, -0.2) is 18.1 Å². The molecule has 0 aromatic carbocycles. The van der Waals surface area contributed by atoms with Crippen molar-refractivity contribution in [3.05, 3.63) is 28.2 Å². The Morgan fingerprint density at radius 3 is 1.78 bits per heavy atom. The largest absolute Gasteiger partial charge is 0.472 e. The molecule has 1 rings (SSSR count). The summed E-state index contributed by atoms with van der Waals surface area (Å²) in [5.74, 6) is 0. The van der Waals surface area contributed by atoms with E-state index < -0.39 is 7.82 Å². The molecule has 1 aromatic heterocycles. The third-order valence-corrected chi connectivity index (χ3v) is 9.15. The lowest BCUT2D eigenvalue weighted by Crippen LogP contribution is -2.32. The van der Waals surface area contributed by atoms with Gasteiger partial charge in [0.2, 0.25) is 5.51 Å². The van der Waals surface area contributed by atoms with Gasteiger partial charge in [-0.1, -0.05) is 114 Å². The molecule has 0 fully saturated rings. The number of hydrogen-bond acceptors (Lipinski definition) is 4. The number of aryl methyl sites for hydroxylation is 1. The Hall–Kier alpha value is -0.520. The molecule has 0 saturated carbocycles. The molecule has 0 aliphatic heterocycles. The zero-order chi connectivity index (χ0) is 27.0. The Labute approximate surface area is 232 Å². The molecule has 1 aromatic rings. The number of unbranched alkanes of at least 4 members (excludes halogenated alkanes) is 16. The summed E-state index contributed by atoms with van der Waals surface area (Å²) in [6.07, 6.45) is 28.5. The molecule has 1 heterocycles. The fourth-order valence-corrected chi connectivity index (χ4v) is 6.34. The highest BCUT2D eigenvalue weighted by molar-refractivity contribution is 7.47. The lowest BCUT2D eigenvalue weighted by molar-refractivity contribution is -0.694. The van der Waals surface area contributed by atoms with Crippen LogP contribution < -0.4 is 4.57 Å². The minimum Gasteiger partial charge on any atom is -0.302 e. The van der Waals surface area contributed by atoms with Gasteiger partial charge in [0.25, 0.3) is 0 Å². The van der Waals surface area contributed by atoms with Gasteiger partial charge in [-0.15, -0.1) is 0 Å². The summed E-state index contributed by atoms with van der Waals surface area (Å²) in [6.45, 7) is 7.87. The Morgan fingerprint density at radius 2 is 1.27 bits per heavy atom. The van der Waals surface area contributed by atoms with Gasteiger partial charge in [0, 0.05) is 13.3 Å². The fourth-order valence-electron chi connectivity index (χ4n) is 4.53. The molecule has 216 valence electrons. The summed E-state index contributed by atoms with van der Waals surface area (Å²) in [7, 11) is -3.95. The van der Waals surface area contributed by atoms with Gasteiger partial charge in [0.1, 0.15) is 6.54 Å². The van der Waals surface area contributed by atoms with Crippen molar-refractivity contribution in [2.45, 2.75) is 149 Å². The maximum absolute atomic E-state index is 12.1. The zero-order valence-corrected chi connectivity index (χ0v) is 26.0. The number of phosphoric acid groups is 1. The van der Waals surface area contributed by atoms with Gasteiger partial charge in [0.15, 0.2) is 5.69 Å². The molecule has 7 heteroatoms. The molecule has 0 amide bonds. The first-order valence-electron chi connectivity index (χ1n) is 15.2. The van der Waals surface area contributed by atoms with Gasteiger partial charge in [-0.2, -0.15) is 4.57 Å². The molecule has 0 radical (unpaired) electrons. The van der Waals surface area contributed by atoms with Crippen LogP contribution >= 0.6 is 19.2 Å². The number of hydrogen-bond donors (Lipinski definition) is 1. The molecule has 37 heavy (non-hydrogen) atoms. The van der Waals surface area contributed by atoms with Crippen molar-refractivity contribution < 1.29 is 23.1 Å². The van der Waals surface area contributed by atoms with Gasteiger partial charge in [-0.05, 0) is 39.0 Å². The van der Waals surface area contributed by atoms with Crippen LogP contribution in [0.4, 0.5) is 0 Å². The van der Waals surface area contributed by atoms with Crippen LogP contribution in [0.3, 0.4) is 0 Å². The molecule has 0 saturated heterocycles. The maximum atomic E-state index is 12.1. The highest BCUT2D eigenvalue weighted by atomic mass is 32.1. The standard InChI is InChI=1S/C30H56NO4PS/c1-4-6-7-8-9-10-11-12-13-14-15-16-17-18-19-20-21-22-23-24-26-34-36(32,33)35-27-25-30-29(3)31(5-2)28-37-30/h12-13,28H,4-11,14-27H2,1-3H3/p+1/b13-12-. The van der Waals surface area contributed by atoms with E-state index in [0.717, 1.165) is 19.4 Å². The van der Waals surface area contributed by atoms with Crippen LogP contribution in [0.5, 0.6) is 0 Å². The Bertz CT molecular complexity index is 737. The average molecular weight is 559 g/mol. The molecule has 0 spiro atoms. The number of thiazole rings is 1. The smallest absolute Gasteiger partial charge is 0.302 e. The summed E-state index contributed by atoms with van der Waals surface area (Å²) in [6, 6.07) is 0. The monoisotopic (exact) mass is 558 g/mol. The minimum atomic E-state index is -3.95. The number of phosphoric ester groups is 1. The van der Waals surface area contributed by atoms with Crippen molar-refractivity contribution in [2.24, 2.45) is 0 Å². The number of aromatic nitrogens is 1. The van der Waals surface area contributed by atoms with Crippen molar-refractivity contribution >= 4 is 19.2 Å². The van der Waals surface area contributed by atoms with Crippen LogP contribution in [-0.2, 0) is 26.6 Å². The van der Waals surface area contributed by atoms with Crippen LogP contribution in [0.1, 0.15) is 140 Å². The second kappa shape index (κ2) is 23.4. The van der Waals surface area contributed by atoms with Crippen molar-refractivity contribution in [3.63, 3.8) is 0 Å². The Balaban J connectivity index is 1.84. The SMILES string of the molecule is CCCCCCCC/C=C\CCCCCCCCCCCCOP(=O)(O)OCCc1sc[n+](CC)c1C. The second-order valence-electron chi connectivity index (χ2n) is 10.3. The first-order chi connectivity index (χ1) is 18.0. The third-order valence-electron chi connectivity index (χ3n) is 6.99. The Kier molecular flexibility index (Phi) is 21.8. The predicted molar refractivity (Wildman–Crippen MR) is 158 cm³/mol. The van der Waals surface area contributed by atoms with E-state index >= 15 is 0 Å². The molecular formula is C30H57NO4PS+. The van der Waals surface area contributed by atoms with E-state index in [4.69, 9.17) is 9.05 Å². The summed E-state index contributed by atoms with van der Waals surface area (Å²) >= 11 is 1.66. The minimum absolute atomic E-state index is 0.203. The summed E-state index contributed by atoms with van der Waals surface area (Å²) < 4.78 is 24.5. The van der Waals surface area contributed by atoms with E-state index in [1.54, 1.807) is 11.3 Å². The van der Waals surface area contributed by atoms with Crippen LogP contribution in [0.2, 0.25) is 0 Å². The van der Waals surface area contributed by atoms with E-state index in [2.05, 4.69) is 43.0 Å². The lowest BCUT2D eigenvalue weighted by atomic mass is 10.1. The molecule has 0 bridgehead atoms. The number of allylic oxidation sites excluding steroid dienone is 2. The number of rotatable bonds is 26. The predicted octanol–water partition coefficient (Wildman–Crippen LogP) is 9.64. The normalized spacial score (nSPS) is 13.5. The van der Waals surface area contributed by atoms with Gasteiger partial charge in [-0.3, -0.25) is 9.05 Å². The van der Waals surface area contributed by atoms with Gasteiger partial charge >= 0.3 is 7.82 Å². The van der Waals surface area contributed by atoms with Crippen LogP contribution in [0.15, 0.2) is 17.7 Å². The van der Waals surface area contributed by atoms with Gasteiger partial charge in [0.05, 0.1) is 18.1 Å². The average Bonchev–Trinajstić information content (AvgIpc) is 3.24. The number of nitrogens with zero attached hydrogens (tertiary/aromatic N) is 1. The van der Waals surface area contributed by atoms with E-state index in [0.29, 0.717) is 6.42 Å². The lowest BCUT2D eigenvalue weighted by Gasteiger charge is -2.11. The maximum Gasteiger partial charge on any atom is 0.472 e. The summed E-state index contributed by atoms with van der Waals surface area (Å²) in [5, 5.41) is 0. The first-order valence-corrected chi connectivity index (χ1v) is 17.6. The molecule has 0 aliphatic carbocycles. The van der Waals surface area contributed by atoms with E-state index in [9.17, 15) is 9.46 Å². The van der Waals surface area contributed by atoms with Crippen molar-refractivity contribution in [1.82, 2.24) is 0 Å². The van der Waals surface area contributed by atoms with Crippen molar-refractivity contribution in [3.8, 4) is 0 Å². The van der Waals surface area contributed by atoms with E-state index in [1.807, 2.05) is 0 Å². The quantitative estimate of drug-likeness (QED) is 0.0532.